The van der Waals surface area contributed by atoms with Crippen LogP contribution in [0.3, 0.4) is 0 Å². The van der Waals surface area contributed by atoms with E-state index < -0.39 is 0 Å². The zero-order valence-corrected chi connectivity index (χ0v) is 16.1. The standard InChI is InChI=1S/C17H27N7S/c1-4-18-17(20-11-16-21-12(2)13(3)25-16)19-10-15-23-22-14-8-6-5-7-9-24(14)15/h4-11H2,1-3H3,(H2,18,19,20). The molecule has 0 atom stereocenters. The lowest BCUT2D eigenvalue weighted by Crippen LogP contribution is -2.36. The number of rotatable bonds is 5. The summed E-state index contributed by atoms with van der Waals surface area (Å²) in [7, 11) is 0. The van der Waals surface area contributed by atoms with E-state index in [9.17, 15) is 0 Å². The summed E-state index contributed by atoms with van der Waals surface area (Å²) in [4.78, 5) is 10.5. The van der Waals surface area contributed by atoms with E-state index in [0.29, 0.717) is 13.1 Å². The Balaban J connectivity index is 1.65. The number of aryl methyl sites for hydroxylation is 3. The largest absolute Gasteiger partial charge is 0.357 e. The molecule has 1 aliphatic rings. The molecule has 3 heterocycles. The van der Waals surface area contributed by atoms with Crippen LogP contribution in [0.25, 0.3) is 0 Å². The van der Waals surface area contributed by atoms with Crippen molar-refractivity contribution >= 4 is 17.3 Å². The van der Waals surface area contributed by atoms with Gasteiger partial charge < -0.3 is 15.2 Å². The SMILES string of the molecule is CCNC(=NCc1nnc2n1CCCCC2)NCc1nc(C)c(C)s1. The first-order valence-electron chi connectivity index (χ1n) is 9.03. The van der Waals surface area contributed by atoms with Crippen molar-refractivity contribution in [1.29, 1.82) is 0 Å². The fourth-order valence-electron chi connectivity index (χ4n) is 2.93. The van der Waals surface area contributed by atoms with Crippen molar-refractivity contribution in [3.63, 3.8) is 0 Å². The molecule has 2 aromatic heterocycles. The Morgan fingerprint density at radius 3 is 2.84 bits per heavy atom. The highest BCUT2D eigenvalue weighted by atomic mass is 32.1. The molecule has 2 N–H and O–H groups in total. The molecule has 2 aromatic rings. The van der Waals surface area contributed by atoms with Gasteiger partial charge in [0.15, 0.2) is 11.8 Å². The number of nitrogens with one attached hydrogen (secondary N) is 2. The summed E-state index contributed by atoms with van der Waals surface area (Å²) in [5.74, 6) is 2.85. The number of hydrogen-bond donors (Lipinski definition) is 2. The minimum absolute atomic E-state index is 0.540. The third kappa shape index (κ3) is 4.56. The average molecular weight is 362 g/mol. The topological polar surface area (TPSA) is 80.0 Å². The number of fused-ring (bicyclic) bond motifs is 1. The predicted molar refractivity (Wildman–Crippen MR) is 101 cm³/mol. The van der Waals surface area contributed by atoms with Gasteiger partial charge in [0.2, 0.25) is 0 Å². The lowest BCUT2D eigenvalue weighted by molar-refractivity contribution is 0.605. The van der Waals surface area contributed by atoms with Crippen LogP contribution in [0.5, 0.6) is 0 Å². The van der Waals surface area contributed by atoms with Gasteiger partial charge in [0.25, 0.3) is 0 Å². The van der Waals surface area contributed by atoms with Crippen LogP contribution in [0.4, 0.5) is 0 Å². The molecule has 136 valence electrons. The normalized spacial score (nSPS) is 14.9. The number of guanidine groups is 1. The molecule has 7 nitrogen and oxygen atoms in total. The van der Waals surface area contributed by atoms with Gasteiger partial charge in [0.1, 0.15) is 17.4 Å². The van der Waals surface area contributed by atoms with Crippen molar-refractivity contribution in [3.8, 4) is 0 Å². The molecule has 0 amide bonds. The molecule has 1 aliphatic heterocycles. The zero-order valence-electron chi connectivity index (χ0n) is 15.3. The molecular weight excluding hydrogens is 334 g/mol. The summed E-state index contributed by atoms with van der Waals surface area (Å²) in [5.41, 5.74) is 1.11. The van der Waals surface area contributed by atoms with E-state index in [4.69, 9.17) is 0 Å². The molecule has 0 saturated carbocycles. The Labute approximate surface area is 153 Å². The first-order chi connectivity index (χ1) is 12.2. The predicted octanol–water partition coefficient (Wildman–Crippen LogP) is 2.33. The summed E-state index contributed by atoms with van der Waals surface area (Å²) >= 11 is 1.73. The second-order valence-electron chi connectivity index (χ2n) is 6.29. The highest BCUT2D eigenvalue weighted by Crippen LogP contribution is 2.16. The number of nitrogens with zero attached hydrogens (tertiary/aromatic N) is 5. The molecule has 8 heteroatoms. The lowest BCUT2D eigenvalue weighted by Gasteiger charge is -2.10. The number of aromatic nitrogens is 4. The van der Waals surface area contributed by atoms with Crippen LogP contribution < -0.4 is 10.6 Å². The van der Waals surface area contributed by atoms with E-state index in [-0.39, 0.29) is 0 Å². The summed E-state index contributed by atoms with van der Waals surface area (Å²) in [6.07, 6.45) is 4.70. The Hall–Kier alpha value is -1.96. The molecule has 0 fully saturated rings. The van der Waals surface area contributed by atoms with Crippen molar-refractivity contribution in [2.24, 2.45) is 4.99 Å². The smallest absolute Gasteiger partial charge is 0.192 e. The van der Waals surface area contributed by atoms with E-state index in [1.54, 1.807) is 11.3 Å². The first-order valence-corrected chi connectivity index (χ1v) is 9.85. The Morgan fingerprint density at radius 1 is 1.20 bits per heavy atom. The van der Waals surface area contributed by atoms with Gasteiger partial charge in [-0.3, -0.25) is 0 Å². The monoisotopic (exact) mass is 361 g/mol. The quantitative estimate of drug-likeness (QED) is 0.631. The van der Waals surface area contributed by atoms with Crippen molar-refractivity contribution in [3.05, 3.63) is 27.2 Å². The molecule has 0 saturated heterocycles. The van der Waals surface area contributed by atoms with Gasteiger partial charge in [-0.15, -0.1) is 21.5 Å². The van der Waals surface area contributed by atoms with Gasteiger partial charge >= 0.3 is 0 Å². The summed E-state index contributed by atoms with van der Waals surface area (Å²) in [6, 6.07) is 0. The number of thiazole rings is 1. The maximum atomic E-state index is 4.69. The third-order valence-corrected chi connectivity index (χ3v) is 5.46. The van der Waals surface area contributed by atoms with Crippen LogP contribution in [0, 0.1) is 13.8 Å². The Bertz CT molecular complexity index is 712. The summed E-state index contributed by atoms with van der Waals surface area (Å²) in [5, 5.41) is 16.4. The second-order valence-corrected chi connectivity index (χ2v) is 7.58. The zero-order chi connectivity index (χ0) is 17.6. The van der Waals surface area contributed by atoms with Gasteiger partial charge in [-0.2, -0.15) is 0 Å². The fourth-order valence-corrected chi connectivity index (χ4v) is 3.80. The van der Waals surface area contributed by atoms with Gasteiger partial charge in [-0.1, -0.05) is 6.42 Å². The van der Waals surface area contributed by atoms with Crippen LogP contribution in [-0.2, 0) is 26.1 Å². The maximum Gasteiger partial charge on any atom is 0.192 e. The molecule has 0 bridgehead atoms. The number of aliphatic imine (C=N–C) groups is 1. The second kappa shape index (κ2) is 8.42. The molecule has 0 aliphatic carbocycles. The minimum atomic E-state index is 0.540. The molecule has 3 rings (SSSR count). The van der Waals surface area contributed by atoms with Crippen LogP contribution in [0.15, 0.2) is 4.99 Å². The van der Waals surface area contributed by atoms with Crippen molar-refractivity contribution in [1.82, 2.24) is 30.4 Å². The minimum Gasteiger partial charge on any atom is -0.357 e. The molecule has 0 aromatic carbocycles. The van der Waals surface area contributed by atoms with Gasteiger partial charge in [0.05, 0.1) is 12.2 Å². The molecule has 0 unspecified atom stereocenters. The van der Waals surface area contributed by atoms with E-state index in [1.165, 1.54) is 24.1 Å². The van der Waals surface area contributed by atoms with Crippen molar-refractivity contribution < 1.29 is 0 Å². The third-order valence-electron chi connectivity index (χ3n) is 4.39. The highest BCUT2D eigenvalue weighted by molar-refractivity contribution is 7.11. The first kappa shape index (κ1) is 17.8. The molecule has 0 radical (unpaired) electrons. The average Bonchev–Trinajstić information content (AvgIpc) is 3.03. The van der Waals surface area contributed by atoms with E-state index in [0.717, 1.165) is 47.8 Å². The molecular formula is C17H27N7S. The van der Waals surface area contributed by atoms with Crippen molar-refractivity contribution in [2.45, 2.75) is 66.1 Å². The van der Waals surface area contributed by atoms with Crippen LogP contribution >= 0.6 is 11.3 Å². The molecule has 25 heavy (non-hydrogen) atoms. The highest BCUT2D eigenvalue weighted by Gasteiger charge is 2.14. The van der Waals surface area contributed by atoms with Gasteiger partial charge in [0, 0.05) is 24.4 Å². The van der Waals surface area contributed by atoms with Crippen LogP contribution in [0.2, 0.25) is 0 Å². The van der Waals surface area contributed by atoms with E-state index >= 15 is 0 Å². The summed E-state index contributed by atoms with van der Waals surface area (Å²) < 4.78 is 2.24. The fraction of sp³-hybridized carbons (Fsp3) is 0.647. The van der Waals surface area contributed by atoms with E-state index in [1.807, 2.05) is 6.92 Å². The van der Waals surface area contributed by atoms with Crippen LogP contribution in [-0.4, -0.2) is 32.3 Å². The lowest BCUT2D eigenvalue weighted by atomic mass is 10.2. The van der Waals surface area contributed by atoms with Crippen molar-refractivity contribution in [2.75, 3.05) is 6.54 Å². The number of hydrogen-bond acceptors (Lipinski definition) is 5. The molecule has 0 spiro atoms. The Morgan fingerprint density at radius 2 is 2.08 bits per heavy atom. The maximum absolute atomic E-state index is 4.69. The summed E-state index contributed by atoms with van der Waals surface area (Å²) in [6.45, 7) is 9.27. The Kier molecular flexibility index (Phi) is 6.01. The van der Waals surface area contributed by atoms with Gasteiger partial charge in [-0.25, -0.2) is 9.98 Å². The van der Waals surface area contributed by atoms with Crippen LogP contribution in [0.1, 0.15) is 53.4 Å². The van der Waals surface area contributed by atoms with E-state index in [2.05, 4.69) is 49.2 Å². The van der Waals surface area contributed by atoms with Gasteiger partial charge in [-0.05, 0) is 33.6 Å².